The fraction of sp³-hybridized carbons (Fsp3) is 0.286. The van der Waals surface area contributed by atoms with Crippen molar-refractivity contribution in [3.63, 3.8) is 0 Å². The van der Waals surface area contributed by atoms with Gasteiger partial charge in [-0.15, -0.1) is 0 Å². The molecule has 72 valence electrons. The van der Waals surface area contributed by atoms with E-state index in [0.29, 0.717) is 5.82 Å². The summed E-state index contributed by atoms with van der Waals surface area (Å²) in [7, 11) is -0.552. The maximum absolute atomic E-state index is 10.6. The summed E-state index contributed by atoms with van der Waals surface area (Å²) in [6, 6.07) is 2.82. The van der Waals surface area contributed by atoms with Gasteiger partial charge < -0.3 is 4.90 Å². The van der Waals surface area contributed by atoms with Gasteiger partial charge in [-0.25, -0.2) is 4.98 Å². The first kappa shape index (κ1) is 9.94. The number of aromatic nitrogens is 1. The highest BCUT2D eigenvalue weighted by Gasteiger charge is 2.09. The van der Waals surface area contributed by atoms with Gasteiger partial charge in [0.2, 0.25) is 0 Å². The average Bonchev–Trinajstić information content (AvgIpc) is 2.03. The van der Waals surface area contributed by atoms with Crippen molar-refractivity contribution in [3.8, 4) is 0 Å². The van der Waals surface area contributed by atoms with Crippen LogP contribution in [0.1, 0.15) is 0 Å². The lowest BCUT2D eigenvalue weighted by molar-refractivity contribution is 0.483. The minimum atomic E-state index is -4.13. The Kier molecular flexibility index (Phi) is 2.53. The molecule has 0 aliphatic heterocycles. The first-order valence-corrected chi connectivity index (χ1v) is 4.96. The molecule has 0 fully saturated rings. The second-order valence-electron chi connectivity index (χ2n) is 2.72. The Balaban J connectivity index is 3.08. The van der Waals surface area contributed by atoms with Crippen LogP contribution < -0.4 is 4.90 Å². The molecule has 0 spiro atoms. The molecule has 0 amide bonds. The summed E-state index contributed by atoms with van der Waals surface area (Å²) in [5.41, 5.74) is 0. The summed E-state index contributed by atoms with van der Waals surface area (Å²) in [4.78, 5) is 5.37. The van der Waals surface area contributed by atoms with Crippen LogP contribution in [-0.2, 0) is 10.1 Å². The molecule has 1 heterocycles. The largest absolute Gasteiger partial charge is 0.363 e. The van der Waals surface area contributed by atoms with Crippen molar-refractivity contribution in [2.24, 2.45) is 0 Å². The van der Waals surface area contributed by atoms with Gasteiger partial charge in [0.25, 0.3) is 10.1 Å². The third kappa shape index (κ3) is 2.40. The van der Waals surface area contributed by atoms with Crippen LogP contribution in [0.25, 0.3) is 0 Å². The van der Waals surface area contributed by atoms with E-state index in [1.807, 2.05) is 0 Å². The van der Waals surface area contributed by atoms with Gasteiger partial charge in [0.15, 0.2) is 0 Å². The maximum atomic E-state index is 10.6. The van der Waals surface area contributed by atoms with E-state index in [4.69, 9.17) is 4.55 Å². The van der Waals surface area contributed by atoms with Crippen LogP contribution >= 0.6 is 0 Å². The molecule has 1 aromatic heterocycles. The molecule has 0 atom stereocenters. The topological polar surface area (TPSA) is 70.5 Å². The van der Waals surface area contributed by atoms with Crippen LogP contribution in [0.3, 0.4) is 0 Å². The summed E-state index contributed by atoms with van der Waals surface area (Å²) >= 11 is 0. The third-order valence-corrected chi connectivity index (χ3v) is 2.31. The van der Waals surface area contributed by atoms with Crippen molar-refractivity contribution >= 4 is 15.9 Å². The van der Waals surface area contributed by atoms with Crippen LogP contribution in [0.15, 0.2) is 23.2 Å². The third-order valence-electron chi connectivity index (χ3n) is 1.48. The van der Waals surface area contributed by atoms with E-state index in [1.54, 1.807) is 19.0 Å². The lowest BCUT2D eigenvalue weighted by atomic mass is 10.4. The number of nitrogens with zero attached hydrogens (tertiary/aromatic N) is 2. The van der Waals surface area contributed by atoms with Crippen molar-refractivity contribution in [2.45, 2.75) is 4.90 Å². The molecule has 0 unspecified atom stereocenters. The molecule has 0 aromatic carbocycles. The predicted molar refractivity (Wildman–Crippen MR) is 48.4 cm³/mol. The van der Waals surface area contributed by atoms with Gasteiger partial charge in [0.1, 0.15) is 10.7 Å². The molecule has 5 nitrogen and oxygen atoms in total. The Morgan fingerprint density at radius 3 is 2.31 bits per heavy atom. The minimum absolute atomic E-state index is 0.196. The molecule has 0 aliphatic rings. The molecule has 0 radical (unpaired) electrons. The lowest BCUT2D eigenvalue weighted by Gasteiger charge is -2.10. The Morgan fingerprint density at radius 2 is 2.00 bits per heavy atom. The highest BCUT2D eigenvalue weighted by Crippen LogP contribution is 2.11. The molecule has 6 heteroatoms. The predicted octanol–water partition coefficient (Wildman–Crippen LogP) is 0.394. The standard InChI is InChI=1S/C7H10N2O3S/c1-9(2)7-4-3-6(5-8-7)13(10,11)12/h3-5H,1-2H3,(H,10,11,12). The Labute approximate surface area is 76.8 Å². The first-order valence-electron chi connectivity index (χ1n) is 3.52. The van der Waals surface area contributed by atoms with Crippen LogP contribution in [-0.4, -0.2) is 32.0 Å². The summed E-state index contributed by atoms with van der Waals surface area (Å²) in [6.45, 7) is 0. The Hall–Kier alpha value is -1.14. The maximum Gasteiger partial charge on any atom is 0.296 e. The van der Waals surface area contributed by atoms with Crippen LogP contribution in [0.4, 0.5) is 5.82 Å². The SMILES string of the molecule is CN(C)c1ccc(S(=O)(=O)O)cn1. The summed E-state index contributed by atoms with van der Waals surface area (Å²) < 4.78 is 29.9. The zero-order valence-electron chi connectivity index (χ0n) is 7.30. The number of hydrogen-bond donors (Lipinski definition) is 1. The molecule has 0 bridgehead atoms. The number of rotatable bonds is 2. The number of hydrogen-bond acceptors (Lipinski definition) is 4. The summed E-state index contributed by atoms with van der Waals surface area (Å²) in [5, 5.41) is 0. The van der Waals surface area contributed by atoms with Gasteiger partial charge in [-0.3, -0.25) is 4.55 Å². The lowest BCUT2D eigenvalue weighted by Crippen LogP contribution is -2.10. The van der Waals surface area contributed by atoms with E-state index in [1.165, 1.54) is 12.1 Å². The van der Waals surface area contributed by atoms with Crippen molar-refractivity contribution in [1.29, 1.82) is 0 Å². The van der Waals surface area contributed by atoms with Crippen molar-refractivity contribution in [3.05, 3.63) is 18.3 Å². The fourth-order valence-electron chi connectivity index (χ4n) is 0.790. The average molecular weight is 202 g/mol. The second kappa shape index (κ2) is 3.31. The van der Waals surface area contributed by atoms with E-state index < -0.39 is 10.1 Å². The normalized spacial score (nSPS) is 11.3. The van der Waals surface area contributed by atoms with Gasteiger partial charge >= 0.3 is 0 Å². The summed E-state index contributed by atoms with van der Waals surface area (Å²) in [6.07, 6.45) is 1.12. The molecule has 0 aliphatic carbocycles. The van der Waals surface area contributed by atoms with E-state index in [2.05, 4.69) is 4.98 Å². The highest BCUT2D eigenvalue weighted by atomic mass is 32.2. The second-order valence-corrected chi connectivity index (χ2v) is 4.14. The monoisotopic (exact) mass is 202 g/mol. The molecule has 13 heavy (non-hydrogen) atoms. The molecule has 1 aromatic rings. The first-order chi connectivity index (χ1) is 5.91. The zero-order valence-corrected chi connectivity index (χ0v) is 8.11. The Bertz CT molecular complexity index is 383. The molecule has 0 saturated heterocycles. The van der Waals surface area contributed by atoms with Crippen LogP contribution in [0, 0.1) is 0 Å². The van der Waals surface area contributed by atoms with Crippen molar-refractivity contribution in [1.82, 2.24) is 4.98 Å². The van der Waals surface area contributed by atoms with Crippen molar-refractivity contribution < 1.29 is 13.0 Å². The zero-order chi connectivity index (χ0) is 10.1. The quantitative estimate of drug-likeness (QED) is 0.703. The van der Waals surface area contributed by atoms with Gasteiger partial charge in [0.05, 0.1) is 6.20 Å². The smallest absolute Gasteiger partial charge is 0.296 e. The molecular formula is C7H10N2O3S. The fourth-order valence-corrected chi connectivity index (χ4v) is 1.22. The van der Waals surface area contributed by atoms with Gasteiger partial charge in [-0.05, 0) is 12.1 Å². The van der Waals surface area contributed by atoms with Crippen LogP contribution in [0.2, 0.25) is 0 Å². The number of pyridine rings is 1. The van der Waals surface area contributed by atoms with E-state index in [-0.39, 0.29) is 4.90 Å². The van der Waals surface area contributed by atoms with E-state index >= 15 is 0 Å². The molecule has 0 saturated carbocycles. The number of anilines is 1. The van der Waals surface area contributed by atoms with Gasteiger partial charge in [-0.1, -0.05) is 0 Å². The molecular weight excluding hydrogens is 192 g/mol. The van der Waals surface area contributed by atoms with E-state index in [0.717, 1.165) is 6.20 Å². The Morgan fingerprint density at radius 1 is 1.38 bits per heavy atom. The van der Waals surface area contributed by atoms with Gasteiger partial charge in [-0.2, -0.15) is 8.42 Å². The minimum Gasteiger partial charge on any atom is -0.363 e. The molecule has 1 N–H and O–H groups in total. The summed E-state index contributed by atoms with van der Waals surface area (Å²) in [5.74, 6) is 0.632. The molecule has 1 rings (SSSR count). The highest BCUT2D eigenvalue weighted by molar-refractivity contribution is 7.85. The van der Waals surface area contributed by atoms with Crippen LogP contribution in [0.5, 0.6) is 0 Å². The van der Waals surface area contributed by atoms with Gasteiger partial charge in [0, 0.05) is 14.1 Å². The van der Waals surface area contributed by atoms with E-state index in [9.17, 15) is 8.42 Å². The van der Waals surface area contributed by atoms with Crippen molar-refractivity contribution in [2.75, 3.05) is 19.0 Å².